The number of nitrogens with one attached hydrogen (secondary N) is 1. The molecule has 3 aromatic rings. The van der Waals surface area contributed by atoms with Gasteiger partial charge >= 0.3 is 12.1 Å². The number of aromatic nitrogens is 4. The van der Waals surface area contributed by atoms with Crippen LogP contribution in [0, 0.1) is 6.92 Å². The molecule has 2 aliphatic rings. The Bertz CT molecular complexity index is 1400. The molecule has 2 aliphatic heterocycles. The summed E-state index contributed by atoms with van der Waals surface area (Å²) < 4.78 is 12.8. The molecule has 3 amide bonds. The van der Waals surface area contributed by atoms with Gasteiger partial charge < -0.3 is 19.7 Å². The Balaban J connectivity index is 1.34. The first-order valence-electron chi connectivity index (χ1n) is 13.2. The smallest absolute Gasteiger partial charge is 0.410 e. The summed E-state index contributed by atoms with van der Waals surface area (Å²) in [6.45, 7) is 13.3. The number of nitrogens with zero attached hydrogens (tertiary/aromatic N) is 7. The molecule has 12 nitrogen and oxygen atoms in total. The highest BCUT2D eigenvalue weighted by Crippen LogP contribution is 2.36. The predicted octanol–water partition coefficient (Wildman–Crippen LogP) is 3.87. The average molecular weight is 537 g/mol. The normalized spacial score (nSPS) is 19.3. The standard InChI is InChI=1S/C27H36N8O4/c1-16-13-32(14-17(2)35(16)26(37)39-27(4,5)6)21-8-10-28-24-19(21)9-11-33(24)25(36)30-20-15-34-23(12-22(20)38-7)29-18(3)31-34/h8,10,12,15-17H,9,11,13-14H2,1-7H3,(H,30,36)/t16-,17+. The number of hydrogen-bond donors (Lipinski definition) is 1. The number of piperazine rings is 1. The molecular weight excluding hydrogens is 500 g/mol. The van der Waals surface area contributed by atoms with Crippen molar-refractivity contribution in [1.29, 1.82) is 0 Å². The van der Waals surface area contributed by atoms with E-state index in [0.717, 1.165) is 11.3 Å². The summed E-state index contributed by atoms with van der Waals surface area (Å²) >= 11 is 0. The average Bonchev–Trinajstić information content (AvgIpc) is 3.44. The van der Waals surface area contributed by atoms with E-state index in [1.165, 1.54) is 0 Å². The maximum absolute atomic E-state index is 13.4. The minimum atomic E-state index is -0.548. The maximum atomic E-state index is 13.4. The maximum Gasteiger partial charge on any atom is 0.410 e. The van der Waals surface area contributed by atoms with Crippen molar-refractivity contribution < 1.29 is 19.1 Å². The van der Waals surface area contributed by atoms with Crippen molar-refractivity contribution in [2.75, 3.05) is 41.9 Å². The van der Waals surface area contributed by atoms with Crippen molar-refractivity contribution in [2.45, 2.75) is 65.6 Å². The van der Waals surface area contributed by atoms with Crippen molar-refractivity contribution in [2.24, 2.45) is 0 Å². The van der Waals surface area contributed by atoms with Crippen LogP contribution >= 0.6 is 0 Å². The van der Waals surface area contributed by atoms with Crippen LogP contribution in [0.4, 0.5) is 26.8 Å². The number of urea groups is 1. The topological polar surface area (TPSA) is 117 Å². The van der Waals surface area contributed by atoms with Crippen molar-refractivity contribution in [3.63, 3.8) is 0 Å². The third-order valence-corrected chi connectivity index (χ3v) is 6.96. The number of amides is 3. The van der Waals surface area contributed by atoms with Crippen LogP contribution in [0.2, 0.25) is 0 Å². The Hall–Kier alpha value is -4.09. The van der Waals surface area contributed by atoms with Crippen LogP contribution in [-0.2, 0) is 11.2 Å². The van der Waals surface area contributed by atoms with Crippen LogP contribution in [0.25, 0.3) is 5.65 Å². The van der Waals surface area contributed by atoms with E-state index in [4.69, 9.17) is 9.47 Å². The first-order chi connectivity index (χ1) is 18.4. The molecule has 0 aromatic carbocycles. The number of aryl methyl sites for hydroxylation is 1. The fourth-order valence-electron chi connectivity index (χ4n) is 5.43. The molecule has 0 unspecified atom stereocenters. The number of fused-ring (bicyclic) bond motifs is 2. The first-order valence-corrected chi connectivity index (χ1v) is 13.2. The Morgan fingerprint density at radius 3 is 2.54 bits per heavy atom. The fraction of sp³-hybridized carbons (Fsp3) is 0.519. The number of anilines is 3. The predicted molar refractivity (Wildman–Crippen MR) is 148 cm³/mol. The molecule has 0 radical (unpaired) electrons. The van der Waals surface area contributed by atoms with Crippen molar-refractivity contribution in [3.05, 3.63) is 35.9 Å². The molecule has 1 saturated heterocycles. The lowest BCUT2D eigenvalue weighted by Gasteiger charge is -2.45. The molecule has 39 heavy (non-hydrogen) atoms. The fourth-order valence-corrected chi connectivity index (χ4v) is 5.43. The van der Waals surface area contributed by atoms with Gasteiger partial charge in [-0.15, -0.1) is 0 Å². The summed E-state index contributed by atoms with van der Waals surface area (Å²) in [6.07, 6.45) is 3.82. The zero-order valence-electron chi connectivity index (χ0n) is 23.6. The second-order valence-electron chi connectivity index (χ2n) is 11.2. The minimum Gasteiger partial charge on any atom is -0.494 e. The molecule has 5 rings (SSSR count). The molecule has 0 bridgehead atoms. The van der Waals surface area contributed by atoms with Gasteiger partial charge in [-0.3, -0.25) is 9.80 Å². The third-order valence-electron chi connectivity index (χ3n) is 6.96. The SMILES string of the molecule is COc1cc2nc(C)nn2cc1NC(=O)N1CCc2c(N3C[C@@H](C)N(C(=O)OC(C)(C)C)[C@@H](C)C3)ccnc21. The van der Waals surface area contributed by atoms with E-state index in [9.17, 15) is 9.59 Å². The molecule has 0 aliphatic carbocycles. The van der Waals surface area contributed by atoms with Gasteiger partial charge in [-0.1, -0.05) is 0 Å². The van der Waals surface area contributed by atoms with Crippen molar-refractivity contribution in [3.8, 4) is 5.75 Å². The van der Waals surface area contributed by atoms with E-state index < -0.39 is 5.60 Å². The van der Waals surface area contributed by atoms with Gasteiger partial charge in [0.15, 0.2) is 5.65 Å². The first kappa shape index (κ1) is 26.5. The van der Waals surface area contributed by atoms with Crippen LogP contribution in [0.15, 0.2) is 24.5 Å². The molecule has 0 spiro atoms. The highest BCUT2D eigenvalue weighted by molar-refractivity contribution is 6.03. The second-order valence-corrected chi connectivity index (χ2v) is 11.2. The summed E-state index contributed by atoms with van der Waals surface area (Å²) in [6, 6.07) is 3.34. The van der Waals surface area contributed by atoms with E-state index in [0.29, 0.717) is 54.8 Å². The summed E-state index contributed by atoms with van der Waals surface area (Å²) in [4.78, 5) is 40.9. The Kier molecular flexibility index (Phi) is 6.73. The number of methoxy groups -OCH3 is 1. The second kappa shape index (κ2) is 9.90. The zero-order chi connectivity index (χ0) is 28.1. The monoisotopic (exact) mass is 536 g/mol. The molecule has 12 heteroatoms. The highest BCUT2D eigenvalue weighted by Gasteiger charge is 2.38. The molecular formula is C27H36N8O4. The van der Waals surface area contributed by atoms with E-state index in [2.05, 4.69) is 25.3 Å². The summed E-state index contributed by atoms with van der Waals surface area (Å²) in [5, 5.41) is 7.29. The quantitative estimate of drug-likeness (QED) is 0.536. The molecule has 1 fully saturated rings. The molecule has 208 valence electrons. The van der Waals surface area contributed by atoms with Gasteiger partial charge in [-0.25, -0.2) is 24.1 Å². The summed E-state index contributed by atoms with van der Waals surface area (Å²) in [5.41, 5.74) is 2.64. The highest BCUT2D eigenvalue weighted by atomic mass is 16.6. The van der Waals surface area contributed by atoms with E-state index >= 15 is 0 Å². The third kappa shape index (κ3) is 5.15. The number of carbonyl (C=O) groups excluding carboxylic acids is 2. The summed E-state index contributed by atoms with van der Waals surface area (Å²) in [5.74, 6) is 1.76. The number of ether oxygens (including phenoxy) is 2. The van der Waals surface area contributed by atoms with E-state index in [1.807, 2.05) is 45.6 Å². The zero-order valence-corrected chi connectivity index (χ0v) is 23.6. The van der Waals surface area contributed by atoms with Gasteiger partial charge in [0.1, 0.15) is 28.7 Å². The molecule has 0 saturated carbocycles. The van der Waals surface area contributed by atoms with Gasteiger partial charge in [0.2, 0.25) is 0 Å². The summed E-state index contributed by atoms with van der Waals surface area (Å²) in [7, 11) is 1.55. The van der Waals surface area contributed by atoms with Crippen LogP contribution in [0.3, 0.4) is 0 Å². The van der Waals surface area contributed by atoms with Gasteiger partial charge in [0.25, 0.3) is 0 Å². The molecule has 1 N–H and O–H groups in total. The van der Waals surface area contributed by atoms with Crippen LogP contribution in [0.1, 0.15) is 46.0 Å². The van der Waals surface area contributed by atoms with E-state index in [-0.39, 0.29) is 24.2 Å². The van der Waals surface area contributed by atoms with Gasteiger partial charge in [-0.05, 0) is 54.0 Å². The number of rotatable bonds is 3. The lowest BCUT2D eigenvalue weighted by atomic mass is 10.1. The van der Waals surface area contributed by atoms with Gasteiger partial charge in [-0.2, -0.15) is 5.10 Å². The van der Waals surface area contributed by atoms with Crippen molar-refractivity contribution >= 4 is 35.0 Å². The van der Waals surface area contributed by atoms with Crippen LogP contribution in [-0.4, -0.2) is 81.0 Å². The lowest BCUT2D eigenvalue weighted by Crippen LogP contribution is -2.59. The van der Waals surface area contributed by atoms with Crippen molar-refractivity contribution in [1.82, 2.24) is 24.5 Å². The van der Waals surface area contributed by atoms with Gasteiger partial charge in [0, 0.05) is 43.1 Å². The lowest BCUT2D eigenvalue weighted by molar-refractivity contribution is 0.00565. The molecule has 3 aromatic heterocycles. The van der Waals surface area contributed by atoms with Crippen LogP contribution < -0.4 is 19.9 Å². The molecule has 2 atom stereocenters. The minimum absolute atomic E-state index is 0.0453. The Morgan fingerprint density at radius 2 is 1.87 bits per heavy atom. The number of carbonyl (C=O) groups is 2. The van der Waals surface area contributed by atoms with Gasteiger partial charge in [0.05, 0.1) is 25.4 Å². The number of hydrogen-bond acceptors (Lipinski definition) is 8. The Morgan fingerprint density at radius 1 is 1.15 bits per heavy atom. The largest absolute Gasteiger partial charge is 0.494 e. The number of pyridine rings is 2. The molecule has 5 heterocycles. The van der Waals surface area contributed by atoms with E-state index in [1.54, 1.807) is 41.9 Å². The Labute approximate surface area is 227 Å². The van der Waals surface area contributed by atoms with Crippen LogP contribution in [0.5, 0.6) is 5.75 Å².